The third kappa shape index (κ3) is 4.17. The summed E-state index contributed by atoms with van der Waals surface area (Å²) >= 11 is 2.18. The molecule has 0 spiro atoms. The lowest BCUT2D eigenvalue weighted by molar-refractivity contribution is -0.298. The minimum atomic E-state index is -0.464. The topological polar surface area (TPSA) is 35.5 Å². The number of benzene rings is 1. The molecule has 0 bridgehead atoms. The van der Waals surface area contributed by atoms with E-state index < -0.39 is 11.6 Å². The fourth-order valence-electron chi connectivity index (χ4n) is 0.795. The van der Waals surface area contributed by atoms with Gasteiger partial charge in [-0.25, -0.2) is 4.79 Å². The smallest absolute Gasteiger partial charge is 0.292 e. The normalized spacial score (nSPS) is 11.1. The molecule has 0 atom stereocenters. The number of hydrogen-bond acceptors (Lipinski definition) is 3. The summed E-state index contributed by atoms with van der Waals surface area (Å²) in [5.74, 6) is -0.464. The van der Waals surface area contributed by atoms with Gasteiger partial charge in [-0.05, 0) is 26.0 Å². The molecular weight excluding hydrogens is 307 g/mol. The Bertz CT molecular complexity index is 322. The Hall–Kier alpha value is -0.620. The van der Waals surface area contributed by atoms with E-state index >= 15 is 0 Å². The Morgan fingerprint density at radius 1 is 1.33 bits per heavy atom. The quantitative estimate of drug-likeness (QED) is 0.370. The van der Waals surface area contributed by atoms with E-state index in [1.807, 2.05) is 19.9 Å². The first-order valence-corrected chi connectivity index (χ1v) is 6.09. The Morgan fingerprint density at radius 3 is 2.47 bits per heavy atom. The van der Waals surface area contributed by atoms with E-state index in [-0.39, 0.29) is 0 Å². The van der Waals surface area contributed by atoms with Crippen molar-refractivity contribution in [2.75, 3.05) is 4.43 Å². The molecule has 0 heterocycles. The molecule has 0 unspecified atom stereocenters. The van der Waals surface area contributed by atoms with Crippen LogP contribution in [0.15, 0.2) is 30.3 Å². The first kappa shape index (κ1) is 12.4. The molecule has 0 aliphatic rings. The van der Waals surface area contributed by atoms with Crippen molar-refractivity contribution in [1.82, 2.24) is 0 Å². The van der Waals surface area contributed by atoms with E-state index in [0.29, 0.717) is 5.56 Å². The molecule has 0 aromatic heterocycles. The van der Waals surface area contributed by atoms with E-state index in [4.69, 9.17) is 9.78 Å². The SMILES string of the molecule is CC(C)(CI)OOC(=O)c1ccccc1. The highest BCUT2D eigenvalue weighted by atomic mass is 127. The van der Waals surface area contributed by atoms with E-state index in [1.165, 1.54) is 0 Å². The van der Waals surface area contributed by atoms with Gasteiger partial charge < -0.3 is 0 Å². The van der Waals surface area contributed by atoms with Gasteiger partial charge in [0.2, 0.25) is 0 Å². The second-order valence-electron chi connectivity index (χ2n) is 3.71. The predicted molar refractivity (Wildman–Crippen MR) is 65.9 cm³/mol. The molecule has 0 saturated heterocycles. The van der Waals surface area contributed by atoms with Crippen molar-refractivity contribution in [3.8, 4) is 0 Å². The monoisotopic (exact) mass is 320 g/mol. The number of carbonyl (C=O) groups is 1. The molecule has 82 valence electrons. The molecular formula is C11H13IO3. The molecule has 0 radical (unpaired) electrons. The Morgan fingerprint density at radius 2 is 1.93 bits per heavy atom. The standard InChI is InChI=1S/C11H13IO3/c1-11(2,8-12)15-14-10(13)9-6-4-3-5-7-9/h3-7H,8H2,1-2H3. The molecule has 0 saturated carbocycles. The maximum Gasteiger partial charge on any atom is 0.373 e. The highest BCUT2D eigenvalue weighted by Gasteiger charge is 2.20. The van der Waals surface area contributed by atoms with Crippen molar-refractivity contribution in [2.45, 2.75) is 19.4 Å². The van der Waals surface area contributed by atoms with Gasteiger partial charge in [0, 0.05) is 4.43 Å². The second-order valence-corrected chi connectivity index (χ2v) is 4.48. The van der Waals surface area contributed by atoms with Crippen molar-refractivity contribution in [2.24, 2.45) is 0 Å². The van der Waals surface area contributed by atoms with Crippen molar-refractivity contribution < 1.29 is 14.6 Å². The van der Waals surface area contributed by atoms with Crippen molar-refractivity contribution in [3.05, 3.63) is 35.9 Å². The zero-order valence-electron chi connectivity index (χ0n) is 8.70. The average molecular weight is 320 g/mol. The maximum absolute atomic E-state index is 11.5. The van der Waals surface area contributed by atoms with Crippen LogP contribution in [0.25, 0.3) is 0 Å². The van der Waals surface area contributed by atoms with Gasteiger partial charge in [0.05, 0.1) is 5.56 Å². The van der Waals surface area contributed by atoms with Crippen molar-refractivity contribution in [1.29, 1.82) is 0 Å². The zero-order chi connectivity index (χ0) is 11.3. The molecule has 15 heavy (non-hydrogen) atoms. The number of halogens is 1. The molecule has 1 aromatic carbocycles. The highest BCUT2D eigenvalue weighted by Crippen LogP contribution is 2.14. The van der Waals surface area contributed by atoms with Gasteiger partial charge in [0.15, 0.2) is 0 Å². The first-order valence-electron chi connectivity index (χ1n) is 4.56. The fourth-order valence-corrected chi connectivity index (χ4v) is 0.922. The lowest BCUT2D eigenvalue weighted by Gasteiger charge is -2.19. The summed E-state index contributed by atoms with van der Waals surface area (Å²) in [5.41, 5.74) is 0.0344. The van der Waals surface area contributed by atoms with Crippen molar-refractivity contribution in [3.63, 3.8) is 0 Å². The predicted octanol–water partition coefficient (Wildman–Crippen LogP) is 2.99. The second kappa shape index (κ2) is 5.46. The van der Waals surface area contributed by atoms with E-state index in [9.17, 15) is 4.79 Å². The first-order chi connectivity index (χ1) is 7.05. The molecule has 0 fully saturated rings. The van der Waals surface area contributed by atoms with Gasteiger partial charge in [-0.15, -0.1) is 0 Å². The molecule has 1 rings (SSSR count). The number of rotatable bonds is 4. The van der Waals surface area contributed by atoms with Crippen LogP contribution in [0.1, 0.15) is 24.2 Å². The summed E-state index contributed by atoms with van der Waals surface area (Å²) in [6, 6.07) is 8.76. The van der Waals surface area contributed by atoms with Crippen LogP contribution >= 0.6 is 22.6 Å². The molecule has 0 amide bonds. The summed E-state index contributed by atoms with van der Waals surface area (Å²) in [6.45, 7) is 3.72. The number of carbonyl (C=O) groups excluding carboxylic acids is 1. The van der Waals surface area contributed by atoms with Gasteiger partial charge in [-0.1, -0.05) is 40.8 Å². The van der Waals surface area contributed by atoms with Crippen LogP contribution in [-0.4, -0.2) is 16.0 Å². The summed E-state index contributed by atoms with van der Waals surface area (Å²) in [5, 5.41) is 0. The summed E-state index contributed by atoms with van der Waals surface area (Å²) in [4.78, 5) is 21.2. The molecule has 1 aromatic rings. The van der Waals surface area contributed by atoms with Gasteiger partial charge >= 0.3 is 5.97 Å². The van der Waals surface area contributed by atoms with Crippen LogP contribution in [0.4, 0.5) is 0 Å². The van der Waals surface area contributed by atoms with E-state index in [1.54, 1.807) is 24.3 Å². The minimum absolute atomic E-state index is 0.453. The van der Waals surface area contributed by atoms with Gasteiger partial charge in [-0.3, -0.25) is 4.89 Å². The summed E-state index contributed by atoms with van der Waals surface area (Å²) in [6.07, 6.45) is 0. The lowest BCUT2D eigenvalue weighted by atomic mass is 10.2. The van der Waals surface area contributed by atoms with Crippen LogP contribution in [0, 0.1) is 0 Å². The Balaban J connectivity index is 2.51. The van der Waals surface area contributed by atoms with Crippen molar-refractivity contribution >= 4 is 28.6 Å². The lowest BCUT2D eigenvalue weighted by Crippen LogP contribution is -2.27. The Kier molecular flexibility index (Phi) is 4.53. The van der Waals surface area contributed by atoms with E-state index in [2.05, 4.69) is 22.6 Å². The average Bonchev–Trinajstić information content (AvgIpc) is 2.27. The molecule has 4 heteroatoms. The zero-order valence-corrected chi connectivity index (χ0v) is 10.9. The largest absolute Gasteiger partial charge is 0.373 e. The summed E-state index contributed by atoms with van der Waals surface area (Å²) < 4.78 is 0.743. The summed E-state index contributed by atoms with van der Waals surface area (Å²) in [7, 11) is 0. The third-order valence-corrected chi connectivity index (χ3v) is 3.51. The van der Waals surface area contributed by atoms with Crippen LogP contribution < -0.4 is 0 Å². The molecule has 3 nitrogen and oxygen atoms in total. The fraction of sp³-hybridized carbons (Fsp3) is 0.364. The third-order valence-electron chi connectivity index (χ3n) is 1.67. The van der Waals surface area contributed by atoms with Crippen LogP contribution in [-0.2, 0) is 9.78 Å². The van der Waals surface area contributed by atoms with Gasteiger partial charge in [-0.2, -0.15) is 4.89 Å². The van der Waals surface area contributed by atoms with Crippen LogP contribution in [0.5, 0.6) is 0 Å². The van der Waals surface area contributed by atoms with Crippen LogP contribution in [0.2, 0.25) is 0 Å². The van der Waals surface area contributed by atoms with Crippen LogP contribution in [0.3, 0.4) is 0 Å². The van der Waals surface area contributed by atoms with Gasteiger partial charge in [0.1, 0.15) is 5.60 Å². The maximum atomic E-state index is 11.5. The van der Waals surface area contributed by atoms with E-state index in [0.717, 1.165) is 4.43 Å². The molecule has 0 N–H and O–H groups in total. The molecule has 0 aliphatic heterocycles. The van der Waals surface area contributed by atoms with Gasteiger partial charge in [0.25, 0.3) is 0 Å². The molecule has 0 aliphatic carbocycles. The minimum Gasteiger partial charge on any atom is -0.292 e. The number of hydrogen-bond donors (Lipinski definition) is 0. The number of alkyl halides is 1. The Labute approximate surface area is 103 Å². The highest BCUT2D eigenvalue weighted by molar-refractivity contribution is 14.1.